The normalized spacial score (nSPS) is 19.7. The molecule has 0 bridgehead atoms. The summed E-state index contributed by atoms with van der Waals surface area (Å²) in [7, 11) is 0. The summed E-state index contributed by atoms with van der Waals surface area (Å²) in [5.74, 6) is 0.714. The van der Waals surface area contributed by atoms with Crippen LogP contribution < -0.4 is 0 Å². The van der Waals surface area contributed by atoms with Gasteiger partial charge in [0.15, 0.2) is 0 Å². The van der Waals surface area contributed by atoms with E-state index in [-0.39, 0.29) is 0 Å². The van der Waals surface area contributed by atoms with E-state index in [0.717, 1.165) is 11.2 Å². The number of allylic oxidation sites excluding steroid dienone is 3. The maximum atomic E-state index is 6.28. The smallest absolute Gasteiger partial charge is 0.136 e. The minimum Gasteiger partial charge on any atom is -0.456 e. The topological polar surface area (TPSA) is 13.1 Å². The molecule has 0 aliphatic heterocycles. The molecule has 0 N–H and O–H groups in total. The van der Waals surface area contributed by atoms with E-state index in [1.54, 1.807) is 0 Å². The number of furan rings is 1. The number of fused-ring (bicyclic) bond motifs is 9. The van der Waals surface area contributed by atoms with Crippen molar-refractivity contribution >= 4 is 72.4 Å². The summed E-state index contributed by atoms with van der Waals surface area (Å²) in [6.07, 6.45) is 11.9. The Bertz CT molecular complexity index is 1970. The molecule has 4 aromatic carbocycles. The maximum absolute atomic E-state index is 6.28. The third-order valence-electron chi connectivity index (χ3n) is 7.99. The summed E-state index contributed by atoms with van der Waals surface area (Å²) in [5, 5.41) is 6.52. The molecule has 3 aliphatic carbocycles. The van der Waals surface area contributed by atoms with Gasteiger partial charge in [-0.3, -0.25) is 0 Å². The number of benzene rings is 4. The molecule has 0 radical (unpaired) electrons. The Morgan fingerprint density at radius 1 is 0.735 bits per heavy atom. The maximum Gasteiger partial charge on any atom is 0.136 e. The van der Waals surface area contributed by atoms with Gasteiger partial charge in [0.05, 0.1) is 0 Å². The van der Waals surface area contributed by atoms with Crippen molar-refractivity contribution in [2.45, 2.75) is 11.8 Å². The van der Waals surface area contributed by atoms with E-state index >= 15 is 0 Å². The van der Waals surface area contributed by atoms with E-state index in [9.17, 15) is 0 Å². The summed E-state index contributed by atoms with van der Waals surface area (Å²) < 4.78 is 7.66. The lowest BCUT2D eigenvalue weighted by Crippen LogP contribution is -2.21. The van der Waals surface area contributed by atoms with E-state index in [2.05, 4.69) is 97.1 Å². The standard InChI is InChI=1S/C32H18OS/c1-2-6-18-15-27-24(13-17(18)5-1)32-23-12-9-19-14-26-31(21-7-3-4-8-25(21)33-26)22-11-10-20(16-28(32)34-27)30(23)29(19)22/h1-16,23,30H. The van der Waals surface area contributed by atoms with Crippen molar-refractivity contribution < 1.29 is 4.42 Å². The summed E-state index contributed by atoms with van der Waals surface area (Å²) in [6.45, 7) is 0. The predicted octanol–water partition coefficient (Wildman–Crippen LogP) is 9.27. The average molecular weight is 451 g/mol. The van der Waals surface area contributed by atoms with Crippen molar-refractivity contribution in [3.05, 3.63) is 112 Å². The zero-order valence-corrected chi connectivity index (χ0v) is 19.0. The zero-order chi connectivity index (χ0) is 22.0. The number of hydrogen-bond donors (Lipinski definition) is 0. The third-order valence-corrected chi connectivity index (χ3v) is 9.10. The molecule has 1 nitrogen and oxygen atoms in total. The van der Waals surface area contributed by atoms with Gasteiger partial charge >= 0.3 is 0 Å². The van der Waals surface area contributed by atoms with E-state index in [4.69, 9.17) is 4.42 Å². The van der Waals surface area contributed by atoms with E-state index < -0.39 is 0 Å². The molecule has 0 amide bonds. The fourth-order valence-corrected chi connectivity index (χ4v) is 7.84. The van der Waals surface area contributed by atoms with Gasteiger partial charge in [0.25, 0.3) is 0 Å². The lowest BCUT2D eigenvalue weighted by Gasteiger charge is -2.37. The Morgan fingerprint density at radius 2 is 1.59 bits per heavy atom. The molecule has 0 saturated heterocycles. The van der Waals surface area contributed by atoms with Crippen LogP contribution in [0.25, 0.3) is 61.0 Å². The fourth-order valence-electron chi connectivity index (χ4n) is 6.59. The highest BCUT2D eigenvalue weighted by Crippen LogP contribution is 2.57. The number of thiophene rings is 1. The van der Waals surface area contributed by atoms with Crippen LogP contribution in [-0.2, 0) is 0 Å². The van der Waals surface area contributed by atoms with Crippen LogP contribution in [0.4, 0.5) is 0 Å². The minimum absolute atomic E-state index is 0.356. The summed E-state index contributed by atoms with van der Waals surface area (Å²) >= 11 is 1.94. The first-order valence-corrected chi connectivity index (χ1v) is 12.7. The Balaban J connectivity index is 1.36. The Labute approximate surface area is 199 Å². The lowest BCUT2D eigenvalue weighted by atomic mass is 9.65. The highest BCUT2D eigenvalue weighted by molar-refractivity contribution is 7.20. The average Bonchev–Trinajstić information content (AvgIpc) is 3.42. The van der Waals surface area contributed by atoms with Crippen molar-refractivity contribution in [3.8, 4) is 0 Å². The predicted molar refractivity (Wildman–Crippen MR) is 145 cm³/mol. The van der Waals surface area contributed by atoms with Crippen molar-refractivity contribution in [1.82, 2.24) is 0 Å². The van der Waals surface area contributed by atoms with Gasteiger partial charge in [-0.15, -0.1) is 11.3 Å². The van der Waals surface area contributed by atoms with Crippen molar-refractivity contribution in [1.29, 1.82) is 0 Å². The number of hydrogen-bond acceptors (Lipinski definition) is 2. The summed E-state index contributed by atoms with van der Waals surface area (Å²) in [6, 6.07) is 24.2. The molecule has 3 aliphatic rings. The van der Waals surface area contributed by atoms with Crippen LogP contribution in [0.2, 0.25) is 0 Å². The van der Waals surface area contributed by atoms with Gasteiger partial charge in [0.2, 0.25) is 0 Å². The van der Waals surface area contributed by atoms with Crippen LogP contribution in [-0.4, -0.2) is 0 Å². The second kappa shape index (κ2) is 5.97. The molecular formula is C32H18OS. The third kappa shape index (κ3) is 2.06. The molecule has 0 fully saturated rings. The largest absolute Gasteiger partial charge is 0.456 e. The van der Waals surface area contributed by atoms with Gasteiger partial charge in [-0.2, -0.15) is 0 Å². The lowest BCUT2D eigenvalue weighted by molar-refractivity contribution is 0.666. The van der Waals surface area contributed by atoms with Gasteiger partial charge in [-0.05, 0) is 74.3 Å². The van der Waals surface area contributed by atoms with Crippen LogP contribution in [0.3, 0.4) is 0 Å². The van der Waals surface area contributed by atoms with Crippen LogP contribution >= 0.6 is 11.3 Å². The van der Waals surface area contributed by atoms with Gasteiger partial charge in [-0.1, -0.05) is 66.8 Å². The highest BCUT2D eigenvalue weighted by atomic mass is 32.1. The van der Waals surface area contributed by atoms with Crippen molar-refractivity contribution in [3.63, 3.8) is 0 Å². The molecule has 2 heteroatoms. The van der Waals surface area contributed by atoms with Crippen LogP contribution in [0, 0.1) is 0 Å². The van der Waals surface area contributed by atoms with Crippen molar-refractivity contribution in [2.24, 2.45) is 0 Å². The SMILES string of the molecule is C1=Cc2c3c(cc4oc5ccccc5c24)C=CC2c4c(sc5cc6ccccc6cc45)C=C1C32. The molecule has 2 unspecified atom stereocenters. The number of para-hydroxylation sites is 1. The second-order valence-electron chi connectivity index (χ2n) is 9.68. The molecule has 158 valence electrons. The van der Waals surface area contributed by atoms with Gasteiger partial charge in [0, 0.05) is 32.2 Å². The molecule has 2 atom stereocenters. The first-order valence-electron chi connectivity index (χ1n) is 11.8. The van der Waals surface area contributed by atoms with Crippen molar-refractivity contribution in [2.75, 3.05) is 0 Å². The molecule has 9 rings (SSSR count). The molecule has 6 aromatic rings. The van der Waals surface area contributed by atoms with Crippen LogP contribution in [0.15, 0.2) is 88.9 Å². The van der Waals surface area contributed by atoms with E-state index in [1.807, 2.05) is 11.3 Å². The minimum atomic E-state index is 0.356. The number of rotatable bonds is 0. The first-order chi connectivity index (χ1) is 16.8. The second-order valence-corrected chi connectivity index (χ2v) is 10.8. The van der Waals surface area contributed by atoms with Gasteiger partial charge in [-0.25, -0.2) is 0 Å². The van der Waals surface area contributed by atoms with E-state index in [1.165, 1.54) is 64.3 Å². The molecular weight excluding hydrogens is 432 g/mol. The monoisotopic (exact) mass is 450 g/mol. The molecule has 0 spiro atoms. The Hall–Kier alpha value is -3.88. The Kier molecular flexibility index (Phi) is 3.08. The molecule has 2 heterocycles. The van der Waals surface area contributed by atoms with Crippen LogP contribution in [0.5, 0.6) is 0 Å². The molecule has 2 aromatic heterocycles. The summed E-state index contributed by atoms with van der Waals surface area (Å²) in [4.78, 5) is 1.41. The molecule has 0 saturated carbocycles. The van der Waals surface area contributed by atoms with Gasteiger partial charge < -0.3 is 4.42 Å². The quantitative estimate of drug-likeness (QED) is 0.225. The molecule has 34 heavy (non-hydrogen) atoms. The first kappa shape index (κ1) is 17.6. The summed E-state index contributed by atoms with van der Waals surface area (Å²) in [5.41, 5.74) is 8.98. The zero-order valence-electron chi connectivity index (χ0n) is 18.2. The Morgan fingerprint density at radius 3 is 2.53 bits per heavy atom. The van der Waals surface area contributed by atoms with Gasteiger partial charge in [0.1, 0.15) is 11.2 Å². The van der Waals surface area contributed by atoms with Crippen LogP contribution in [0.1, 0.15) is 39.0 Å². The fraction of sp³-hybridized carbons (Fsp3) is 0.0625. The van der Waals surface area contributed by atoms with E-state index in [0.29, 0.717) is 11.8 Å². The highest BCUT2D eigenvalue weighted by Gasteiger charge is 2.39.